The van der Waals surface area contributed by atoms with Crippen molar-refractivity contribution >= 4 is 12.1 Å². The van der Waals surface area contributed by atoms with Gasteiger partial charge in [0.25, 0.3) is 0 Å². The summed E-state index contributed by atoms with van der Waals surface area (Å²) in [4.78, 5) is 23.7. The summed E-state index contributed by atoms with van der Waals surface area (Å²) >= 11 is 0. The first-order valence-electron chi connectivity index (χ1n) is 10.5. The van der Waals surface area contributed by atoms with Gasteiger partial charge in [-0.3, -0.25) is 4.68 Å². The molecule has 0 saturated heterocycles. The second kappa shape index (κ2) is 7.91. The summed E-state index contributed by atoms with van der Waals surface area (Å²) in [6.45, 7) is 1.38. The Labute approximate surface area is 179 Å². The van der Waals surface area contributed by atoms with E-state index >= 15 is 0 Å². The zero-order chi connectivity index (χ0) is 21.4. The summed E-state index contributed by atoms with van der Waals surface area (Å²) in [5.41, 5.74) is 5.71. The second-order valence-corrected chi connectivity index (χ2v) is 8.10. The molecule has 5 rings (SSSR count). The van der Waals surface area contributed by atoms with E-state index < -0.39 is 12.1 Å². The van der Waals surface area contributed by atoms with Crippen LogP contribution in [0.4, 0.5) is 4.79 Å². The smallest absolute Gasteiger partial charge is 0.407 e. The molecule has 2 N–H and O–H groups in total. The third kappa shape index (κ3) is 3.56. The van der Waals surface area contributed by atoms with E-state index in [1.165, 1.54) is 28.5 Å². The van der Waals surface area contributed by atoms with Gasteiger partial charge in [0.05, 0.1) is 11.9 Å². The highest BCUT2D eigenvalue weighted by Gasteiger charge is 2.29. The maximum absolute atomic E-state index is 12.4. The molecule has 1 aliphatic heterocycles. The average Bonchev–Trinajstić information content (AvgIpc) is 3.35. The SMILES string of the molecule is O=C(NCC1CCn2ncc(C(=O)O)c2C1)OCC1c2ccccc2-c2ccccc21. The van der Waals surface area contributed by atoms with Gasteiger partial charge < -0.3 is 15.2 Å². The van der Waals surface area contributed by atoms with E-state index in [1.54, 1.807) is 4.68 Å². The van der Waals surface area contributed by atoms with E-state index in [0.717, 1.165) is 12.1 Å². The number of ether oxygens (including phenoxy) is 1. The quantitative estimate of drug-likeness (QED) is 0.661. The number of aromatic nitrogens is 2. The summed E-state index contributed by atoms with van der Waals surface area (Å²) in [6, 6.07) is 16.5. The number of aryl methyl sites for hydroxylation is 1. The van der Waals surface area contributed by atoms with Crippen LogP contribution in [0.1, 0.15) is 39.5 Å². The fourth-order valence-corrected chi connectivity index (χ4v) is 4.73. The van der Waals surface area contributed by atoms with E-state index in [1.807, 2.05) is 24.3 Å². The predicted molar refractivity (Wildman–Crippen MR) is 114 cm³/mol. The molecule has 0 fully saturated rings. The predicted octanol–water partition coefficient (Wildman–Crippen LogP) is 3.68. The first-order valence-corrected chi connectivity index (χ1v) is 10.5. The Morgan fingerprint density at radius 2 is 1.77 bits per heavy atom. The number of carboxylic acid groups (broad SMARTS) is 1. The van der Waals surface area contributed by atoms with Gasteiger partial charge in [0.15, 0.2) is 0 Å². The lowest BCUT2D eigenvalue weighted by Gasteiger charge is -2.24. The Bertz CT molecular complexity index is 1110. The van der Waals surface area contributed by atoms with E-state index in [0.29, 0.717) is 19.5 Å². The summed E-state index contributed by atoms with van der Waals surface area (Å²) in [5, 5.41) is 16.3. The Morgan fingerprint density at radius 3 is 2.45 bits per heavy atom. The van der Waals surface area contributed by atoms with Crippen LogP contribution in [0.25, 0.3) is 11.1 Å². The van der Waals surface area contributed by atoms with Gasteiger partial charge in [0.2, 0.25) is 0 Å². The molecule has 1 amide bonds. The number of fused-ring (bicyclic) bond motifs is 4. The molecule has 158 valence electrons. The topological polar surface area (TPSA) is 93.5 Å². The third-order valence-electron chi connectivity index (χ3n) is 6.29. The number of carbonyl (C=O) groups excluding carboxylic acids is 1. The van der Waals surface area contributed by atoms with Crippen LogP contribution in [-0.2, 0) is 17.7 Å². The lowest BCUT2D eigenvalue weighted by Crippen LogP contribution is -2.34. The number of rotatable bonds is 5. The monoisotopic (exact) mass is 417 g/mol. The van der Waals surface area contributed by atoms with Crippen molar-refractivity contribution < 1.29 is 19.4 Å². The minimum Gasteiger partial charge on any atom is -0.478 e. The molecule has 0 saturated carbocycles. The maximum Gasteiger partial charge on any atom is 0.407 e. The van der Waals surface area contributed by atoms with Crippen molar-refractivity contribution in [3.8, 4) is 11.1 Å². The summed E-state index contributed by atoms with van der Waals surface area (Å²) in [5.74, 6) is -0.783. The lowest BCUT2D eigenvalue weighted by atomic mass is 9.94. The number of aromatic carboxylic acids is 1. The van der Waals surface area contributed by atoms with Crippen molar-refractivity contribution in [1.29, 1.82) is 0 Å². The van der Waals surface area contributed by atoms with E-state index in [4.69, 9.17) is 4.74 Å². The van der Waals surface area contributed by atoms with Gasteiger partial charge in [-0.1, -0.05) is 48.5 Å². The molecular weight excluding hydrogens is 394 g/mol. The Morgan fingerprint density at radius 1 is 1.10 bits per heavy atom. The van der Waals surface area contributed by atoms with Gasteiger partial charge in [0, 0.05) is 19.0 Å². The molecular formula is C24H23N3O4. The molecule has 2 aromatic carbocycles. The van der Waals surface area contributed by atoms with Crippen molar-refractivity contribution in [1.82, 2.24) is 15.1 Å². The lowest BCUT2D eigenvalue weighted by molar-refractivity contribution is 0.0694. The largest absolute Gasteiger partial charge is 0.478 e. The summed E-state index contributed by atoms with van der Waals surface area (Å²) in [6.07, 6.45) is 2.36. The molecule has 1 atom stereocenters. The zero-order valence-electron chi connectivity index (χ0n) is 17.0. The van der Waals surface area contributed by atoms with E-state index in [-0.39, 0.29) is 24.0 Å². The standard InChI is InChI=1S/C24H23N3O4/c28-23(29)20-13-26-27-10-9-15(11-22(20)27)12-25-24(30)31-14-21-18-7-3-1-5-16(18)17-6-2-4-8-19(17)21/h1-8,13,15,21H,9-12,14H2,(H,25,30)(H,28,29). The van der Waals surface area contributed by atoms with Crippen molar-refractivity contribution in [2.75, 3.05) is 13.2 Å². The first-order chi connectivity index (χ1) is 15.1. The normalized spacial score (nSPS) is 16.8. The number of carbonyl (C=O) groups is 2. The highest BCUT2D eigenvalue weighted by Crippen LogP contribution is 2.44. The molecule has 1 aliphatic carbocycles. The molecule has 31 heavy (non-hydrogen) atoms. The van der Waals surface area contributed by atoms with Gasteiger partial charge in [0.1, 0.15) is 12.2 Å². The summed E-state index contributed by atoms with van der Waals surface area (Å²) in [7, 11) is 0. The van der Waals surface area contributed by atoms with E-state index in [9.17, 15) is 14.7 Å². The van der Waals surface area contributed by atoms with Crippen molar-refractivity contribution in [2.24, 2.45) is 5.92 Å². The van der Waals surface area contributed by atoms with Gasteiger partial charge >= 0.3 is 12.1 Å². The first kappa shape index (κ1) is 19.4. The van der Waals surface area contributed by atoms with Gasteiger partial charge in [-0.05, 0) is 41.0 Å². The maximum atomic E-state index is 12.4. The Balaban J connectivity index is 1.19. The highest BCUT2D eigenvalue weighted by molar-refractivity contribution is 5.88. The molecule has 0 radical (unpaired) electrons. The Kier molecular flexibility index (Phi) is 4.94. The van der Waals surface area contributed by atoms with Gasteiger partial charge in [-0.2, -0.15) is 5.10 Å². The second-order valence-electron chi connectivity index (χ2n) is 8.10. The number of amides is 1. The highest BCUT2D eigenvalue weighted by atomic mass is 16.5. The number of nitrogens with one attached hydrogen (secondary N) is 1. The minimum atomic E-state index is -0.966. The van der Waals surface area contributed by atoms with Crippen LogP contribution in [0.3, 0.4) is 0 Å². The number of hydrogen-bond acceptors (Lipinski definition) is 4. The van der Waals surface area contributed by atoms with E-state index in [2.05, 4.69) is 34.7 Å². The van der Waals surface area contributed by atoms with Crippen LogP contribution < -0.4 is 5.32 Å². The van der Waals surface area contributed by atoms with Gasteiger partial charge in [-0.25, -0.2) is 9.59 Å². The number of carboxylic acids is 1. The van der Waals surface area contributed by atoms with Crippen LogP contribution in [0.5, 0.6) is 0 Å². The zero-order valence-corrected chi connectivity index (χ0v) is 17.0. The number of nitrogens with zero attached hydrogens (tertiary/aromatic N) is 2. The number of alkyl carbamates (subject to hydrolysis) is 1. The Hall–Kier alpha value is -3.61. The van der Waals surface area contributed by atoms with Crippen LogP contribution in [0, 0.1) is 5.92 Å². The average molecular weight is 417 g/mol. The molecule has 3 aromatic rings. The van der Waals surface area contributed by atoms with Crippen LogP contribution in [0.15, 0.2) is 54.7 Å². The van der Waals surface area contributed by atoms with Crippen molar-refractivity contribution in [3.05, 3.63) is 77.1 Å². The van der Waals surface area contributed by atoms with Crippen LogP contribution in [-0.4, -0.2) is 40.1 Å². The third-order valence-corrected chi connectivity index (χ3v) is 6.29. The fraction of sp³-hybridized carbons (Fsp3) is 0.292. The molecule has 0 bridgehead atoms. The van der Waals surface area contributed by atoms with Gasteiger partial charge in [-0.15, -0.1) is 0 Å². The minimum absolute atomic E-state index is 0.0281. The molecule has 7 heteroatoms. The molecule has 2 heterocycles. The number of hydrogen-bond donors (Lipinski definition) is 2. The molecule has 7 nitrogen and oxygen atoms in total. The van der Waals surface area contributed by atoms with Crippen LogP contribution in [0.2, 0.25) is 0 Å². The molecule has 2 aliphatic rings. The fourth-order valence-electron chi connectivity index (χ4n) is 4.73. The molecule has 1 unspecified atom stereocenters. The van der Waals surface area contributed by atoms with Crippen molar-refractivity contribution in [3.63, 3.8) is 0 Å². The number of benzene rings is 2. The summed E-state index contributed by atoms with van der Waals surface area (Å²) < 4.78 is 7.33. The molecule has 0 spiro atoms. The van der Waals surface area contributed by atoms with Crippen molar-refractivity contribution in [2.45, 2.75) is 25.3 Å². The van der Waals surface area contributed by atoms with Crippen LogP contribution >= 0.6 is 0 Å². The molecule has 1 aromatic heterocycles.